The second-order valence-corrected chi connectivity index (χ2v) is 6.18. The van der Waals surface area contributed by atoms with Crippen molar-refractivity contribution in [1.29, 1.82) is 0 Å². The van der Waals surface area contributed by atoms with Crippen LogP contribution in [0.15, 0.2) is 53.9 Å². The number of carbonyl (C=O) groups excluding carboxylic acids is 1. The third-order valence-corrected chi connectivity index (χ3v) is 3.71. The van der Waals surface area contributed by atoms with E-state index in [9.17, 15) is 4.79 Å². The molecule has 0 saturated carbocycles. The molecule has 2 N–H and O–H groups in total. The average molecular weight is 379 g/mol. The summed E-state index contributed by atoms with van der Waals surface area (Å²) in [6.07, 6.45) is 4.86. The molecule has 0 radical (unpaired) electrons. The normalized spacial score (nSPS) is 11.0. The van der Waals surface area contributed by atoms with Gasteiger partial charge in [-0.25, -0.2) is 5.43 Å². The number of carbonyl (C=O) groups is 1. The number of pyridine rings is 1. The zero-order valence-corrected chi connectivity index (χ0v) is 15.8. The number of hydrogen-bond acceptors (Lipinski definition) is 6. The van der Waals surface area contributed by atoms with Gasteiger partial charge in [0.2, 0.25) is 0 Å². The van der Waals surface area contributed by atoms with Crippen molar-refractivity contribution < 1.29 is 14.3 Å². The highest BCUT2D eigenvalue weighted by Gasteiger charge is 2.13. The number of H-pyrrole nitrogens is 1. The lowest BCUT2D eigenvalue weighted by Crippen LogP contribution is -2.18. The summed E-state index contributed by atoms with van der Waals surface area (Å²) in [6.45, 7) is 3.89. The molecule has 28 heavy (non-hydrogen) atoms. The fourth-order valence-corrected chi connectivity index (χ4v) is 2.44. The third kappa shape index (κ3) is 4.73. The van der Waals surface area contributed by atoms with Crippen LogP contribution in [-0.2, 0) is 0 Å². The lowest BCUT2D eigenvalue weighted by atomic mass is 10.1. The molecule has 3 aromatic rings. The minimum absolute atomic E-state index is 0.0349. The van der Waals surface area contributed by atoms with E-state index in [4.69, 9.17) is 9.47 Å². The van der Waals surface area contributed by atoms with Crippen LogP contribution in [0.25, 0.3) is 11.3 Å². The molecular weight excluding hydrogens is 358 g/mol. The lowest BCUT2D eigenvalue weighted by molar-refractivity contribution is 0.0950. The van der Waals surface area contributed by atoms with E-state index in [1.807, 2.05) is 38.1 Å². The summed E-state index contributed by atoms with van der Waals surface area (Å²) in [5, 5.41) is 10.8. The molecule has 0 aliphatic heterocycles. The van der Waals surface area contributed by atoms with Gasteiger partial charge in [-0.3, -0.25) is 14.9 Å². The van der Waals surface area contributed by atoms with Crippen LogP contribution in [0.5, 0.6) is 11.5 Å². The molecule has 1 amide bonds. The Balaban J connectivity index is 1.71. The Labute approximate surface area is 162 Å². The first-order valence-electron chi connectivity index (χ1n) is 8.70. The van der Waals surface area contributed by atoms with Gasteiger partial charge in [-0.1, -0.05) is 6.07 Å². The SMILES string of the molecule is COc1cc(-c2cc(C(=O)N/N=C\c3cccnc3)[nH]n2)ccc1OC(C)C. The Morgan fingerprint density at radius 1 is 1.25 bits per heavy atom. The number of nitrogens with zero attached hydrogens (tertiary/aromatic N) is 3. The Morgan fingerprint density at radius 3 is 2.82 bits per heavy atom. The average Bonchev–Trinajstić information content (AvgIpc) is 3.19. The van der Waals surface area contributed by atoms with Crippen molar-refractivity contribution >= 4 is 12.1 Å². The highest BCUT2D eigenvalue weighted by Crippen LogP contribution is 2.32. The van der Waals surface area contributed by atoms with Crippen LogP contribution < -0.4 is 14.9 Å². The van der Waals surface area contributed by atoms with Crippen molar-refractivity contribution in [3.05, 3.63) is 60.0 Å². The first kappa shape index (κ1) is 19.1. The minimum Gasteiger partial charge on any atom is -0.493 e. The first-order valence-corrected chi connectivity index (χ1v) is 8.70. The highest BCUT2D eigenvalue weighted by atomic mass is 16.5. The van der Waals surface area contributed by atoms with Crippen LogP contribution in [0.2, 0.25) is 0 Å². The van der Waals surface area contributed by atoms with E-state index >= 15 is 0 Å². The zero-order chi connectivity index (χ0) is 19.9. The second kappa shape index (κ2) is 8.81. The number of nitrogens with one attached hydrogen (secondary N) is 2. The number of methoxy groups -OCH3 is 1. The first-order chi connectivity index (χ1) is 13.6. The molecule has 0 bridgehead atoms. The van der Waals surface area contributed by atoms with E-state index in [1.54, 1.807) is 31.6 Å². The maximum absolute atomic E-state index is 12.2. The summed E-state index contributed by atoms with van der Waals surface area (Å²) < 4.78 is 11.1. The molecule has 8 heteroatoms. The molecule has 1 aromatic carbocycles. The molecule has 8 nitrogen and oxygen atoms in total. The van der Waals surface area contributed by atoms with Crippen LogP contribution in [0, 0.1) is 0 Å². The van der Waals surface area contributed by atoms with E-state index in [1.165, 1.54) is 6.21 Å². The molecule has 0 saturated heterocycles. The fourth-order valence-electron chi connectivity index (χ4n) is 2.44. The number of rotatable bonds is 7. The molecule has 144 valence electrons. The molecule has 2 heterocycles. The fraction of sp³-hybridized carbons (Fsp3) is 0.200. The topological polar surface area (TPSA) is 101 Å². The van der Waals surface area contributed by atoms with E-state index in [-0.39, 0.29) is 6.10 Å². The van der Waals surface area contributed by atoms with E-state index in [0.717, 1.165) is 11.1 Å². The number of ether oxygens (including phenoxy) is 2. The van der Waals surface area contributed by atoms with Crippen LogP contribution in [-0.4, -0.2) is 40.5 Å². The van der Waals surface area contributed by atoms with Gasteiger partial charge >= 0.3 is 0 Å². The number of benzene rings is 1. The van der Waals surface area contributed by atoms with Crippen molar-refractivity contribution in [3.8, 4) is 22.8 Å². The molecule has 0 atom stereocenters. The molecule has 0 unspecified atom stereocenters. The molecule has 0 spiro atoms. The summed E-state index contributed by atoms with van der Waals surface area (Å²) in [6, 6.07) is 10.8. The van der Waals surface area contributed by atoms with E-state index < -0.39 is 5.91 Å². The maximum atomic E-state index is 12.2. The predicted octanol–water partition coefficient (Wildman–Crippen LogP) is 3.03. The van der Waals surface area contributed by atoms with Gasteiger partial charge in [0.15, 0.2) is 11.5 Å². The monoisotopic (exact) mass is 379 g/mol. The van der Waals surface area contributed by atoms with Crippen molar-refractivity contribution in [2.24, 2.45) is 5.10 Å². The number of hydrogen-bond donors (Lipinski definition) is 2. The van der Waals surface area contributed by atoms with Crippen molar-refractivity contribution in [3.63, 3.8) is 0 Å². The van der Waals surface area contributed by atoms with Crippen molar-refractivity contribution in [2.75, 3.05) is 7.11 Å². The molecule has 0 aliphatic rings. The molecule has 2 aromatic heterocycles. The van der Waals surface area contributed by atoms with Gasteiger partial charge in [0, 0.05) is 23.5 Å². The molecule has 3 rings (SSSR count). The van der Waals surface area contributed by atoms with Gasteiger partial charge in [-0.15, -0.1) is 0 Å². The summed E-state index contributed by atoms with van der Waals surface area (Å²) in [5.41, 5.74) is 4.93. The number of hydrazone groups is 1. The Kier molecular flexibility index (Phi) is 6.01. The Morgan fingerprint density at radius 2 is 2.11 bits per heavy atom. The van der Waals surface area contributed by atoms with Crippen LogP contribution in [0.4, 0.5) is 0 Å². The summed E-state index contributed by atoms with van der Waals surface area (Å²) >= 11 is 0. The minimum atomic E-state index is -0.398. The smallest absolute Gasteiger partial charge is 0.289 e. The Hall–Kier alpha value is -3.68. The van der Waals surface area contributed by atoms with E-state index in [2.05, 4.69) is 25.7 Å². The molecule has 0 fully saturated rings. The summed E-state index contributed by atoms with van der Waals surface area (Å²) in [4.78, 5) is 16.2. The largest absolute Gasteiger partial charge is 0.493 e. The van der Waals surface area contributed by atoms with Crippen LogP contribution in [0.3, 0.4) is 0 Å². The van der Waals surface area contributed by atoms with Gasteiger partial charge in [-0.2, -0.15) is 10.2 Å². The molecular formula is C20H21N5O3. The van der Waals surface area contributed by atoms with Gasteiger partial charge < -0.3 is 9.47 Å². The summed E-state index contributed by atoms with van der Waals surface area (Å²) in [5.74, 6) is 0.853. The highest BCUT2D eigenvalue weighted by molar-refractivity contribution is 5.94. The quantitative estimate of drug-likeness (QED) is 0.485. The Bertz CT molecular complexity index is 967. The van der Waals surface area contributed by atoms with Gasteiger partial charge in [0.1, 0.15) is 5.69 Å². The number of aromatic amines is 1. The third-order valence-electron chi connectivity index (χ3n) is 3.71. The van der Waals surface area contributed by atoms with Crippen molar-refractivity contribution in [1.82, 2.24) is 20.6 Å². The standard InChI is InChI=1S/C20H21N5O3/c1-13(2)28-18-7-6-15(9-19(18)27-3)16-10-17(24-23-16)20(26)25-22-12-14-5-4-8-21-11-14/h4-13H,1-3H3,(H,23,24)(H,25,26)/b22-12-. The second-order valence-electron chi connectivity index (χ2n) is 6.18. The maximum Gasteiger partial charge on any atom is 0.289 e. The summed E-state index contributed by atoms with van der Waals surface area (Å²) in [7, 11) is 1.58. The predicted molar refractivity (Wildman–Crippen MR) is 106 cm³/mol. The van der Waals surface area contributed by atoms with Crippen molar-refractivity contribution in [2.45, 2.75) is 20.0 Å². The van der Waals surface area contributed by atoms with Crippen LogP contribution >= 0.6 is 0 Å². The number of amides is 1. The number of aromatic nitrogens is 3. The zero-order valence-electron chi connectivity index (χ0n) is 15.8. The van der Waals surface area contributed by atoms with Gasteiger partial charge in [0.05, 0.1) is 25.1 Å². The van der Waals surface area contributed by atoms with Crippen LogP contribution in [0.1, 0.15) is 29.9 Å². The van der Waals surface area contributed by atoms with E-state index in [0.29, 0.717) is 22.9 Å². The van der Waals surface area contributed by atoms with Gasteiger partial charge in [-0.05, 0) is 44.2 Å². The molecule has 0 aliphatic carbocycles. The van der Waals surface area contributed by atoms with Gasteiger partial charge in [0.25, 0.3) is 5.91 Å². The lowest BCUT2D eigenvalue weighted by Gasteiger charge is -2.14.